The van der Waals surface area contributed by atoms with Gasteiger partial charge in [-0.3, -0.25) is 4.79 Å². The zero-order chi connectivity index (χ0) is 5.15. The van der Waals surface area contributed by atoms with Gasteiger partial charge < -0.3 is 5.73 Å². The van der Waals surface area contributed by atoms with Crippen molar-refractivity contribution in [1.29, 1.82) is 0 Å². The van der Waals surface area contributed by atoms with Crippen LogP contribution in [0.4, 0.5) is 0 Å². The fourth-order valence-corrected chi connectivity index (χ4v) is 0. The molecule has 0 aliphatic rings. The molecule has 0 unspecified atom stereocenters. The first-order valence-electron chi connectivity index (χ1n) is 1.58. The van der Waals surface area contributed by atoms with Gasteiger partial charge in [-0.1, -0.05) is 0 Å². The van der Waals surface area contributed by atoms with Crippen LogP contribution in [0.25, 0.3) is 0 Å². The van der Waals surface area contributed by atoms with E-state index in [2.05, 4.69) is 5.73 Å². The number of amides is 1. The molecular formula is C3H6ClNO. The van der Waals surface area contributed by atoms with Crippen molar-refractivity contribution in [1.82, 2.24) is 0 Å². The molecule has 2 nitrogen and oxygen atoms in total. The average Bonchev–Trinajstić information content (AvgIpc) is 1.36. The van der Waals surface area contributed by atoms with E-state index >= 15 is 0 Å². The van der Waals surface area contributed by atoms with Gasteiger partial charge in [0, 0.05) is 0 Å². The van der Waals surface area contributed by atoms with Gasteiger partial charge in [0.1, 0.15) is 5.38 Å². The second kappa shape index (κ2) is 2.03. The number of rotatable bonds is 1. The molecule has 0 aliphatic carbocycles. The third kappa shape index (κ3) is 2.03. The second-order valence-electron chi connectivity index (χ2n) is 1.02. The normalized spacial score (nSPS) is 13.7. The smallest absolute Gasteiger partial charge is 0.235 e. The lowest BCUT2D eigenvalue weighted by Gasteiger charge is -1.88. The molecule has 0 heterocycles. The van der Waals surface area contributed by atoms with Crippen LogP contribution in [0.15, 0.2) is 0 Å². The highest BCUT2D eigenvalue weighted by atomic mass is 35.5. The average molecular weight is 108 g/mol. The maximum absolute atomic E-state index is 9.79. The zero-order valence-corrected chi connectivity index (χ0v) is 4.20. The van der Waals surface area contributed by atoms with E-state index < -0.39 is 11.3 Å². The second-order valence-corrected chi connectivity index (χ2v) is 1.67. The number of alkyl halides is 1. The molecule has 0 saturated heterocycles. The highest BCUT2D eigenvalue weighted by molar-refractivity contribution is 6.30. The molecule has 0 spiro atoms. The summed E-state index contributed by atoms with van der Waals surface area (Å²) in [6, 6.07) is 0. The van der Waals surface area contributed by atoms with Gasteiger partial charge in [0.2, 0.25) is 5.91 Å². The summed E-state index contributed by atoms with van der Waals surface area (Å²) in [5.74, 6) is -0.475. The topological polar surface area (TPSA) is 43.1 Å². The quantitative estimate of drug-likeness (QED) is 0.475. The number of hydrogen-bond donors (Lipinski definition) is 1. The number of halogens is 1. The van der Waals surface area contributed by atoms with Crippen LogP contribution in [0.3, 0.4) is 0 Å². The Hall–Kier alpha value is -0.240. The summed E-state index contributed by atoms with van der Waals surface area (Å²) in [6.45, 7) is 1.53. The van der Waals surface area contributed by atoms with Crippen LogP contribution in [0.1, 0.15) is 6.92 Å². The van der Waals surface area contributed by atoms with E-state index in [4.69, 9.17) is 11.6 Å². The monoisotopic (exact) mass is 107 g/mol. The third-order valence-electron chi connectivity index (χ3n) is 0.392. The van der Waals surface area contributed by atoms with Crippen molar-refractivity contribution < 1.29 is 4.79 Å². The molecule has 0 fully saturated rings. The van der Waals surface area contributed by atoms with Crippen LogP contribution in [0, 0.1) is 0 Å². The lowest BCUT2D eigenvalue weighted by atomic mass is 10.5. The summed E-state index contributed by atoms with van der Waals surface area (Å²) in [5.41, 5.74) is 4.66. The molecule has 0 aliphatic heterocycles. The largest absolute Gasteiger partial charge is 0.368 e. The molecule has 36 valence electrons. The predicted molar refractivity (Wildman–Crippen MR) is 24.5 cm³/mol. The van der Waals surface area contributed by atoms with Crippen LogP contribution in [-0.4, -0.2) is 11.3 Å². The molecule has 0 aromatic rings. The van der Waals surface area contributed by atoms with Gasteiger partial charge in [-0.2, -0.15) is 0 Å². The van der Waals surface area contributed by atoms with Gasteiger partial charge in [0.05, 0.1) is 0 Å². The Bertz CT molecular complexity index is 61.8. The minimum Gasteiger partial charge on any atom is -0.368 e. The van der Waals surface area contributed by atoms with E-state index in [1.807, 2.05) is 0 Å². The van der Waals surface area contributed by atoms with E-state index in [0.29, 0.717) is 0 Å². The van der Waals surface area contributed by atoms with Gasteiger partial charge in [0.15, 0.2) is 0 Å². The molecule has 0 saturated carbocycles. The standard InChI is InChI=1S/C3H6ClNO/c1-2(4)3(5)6/h2H,1H3,(H2,5,6)/t2-/m1/s1. The molecule has 6 heavy (non-hydrogen) atoms. The van der Waals surface area contributed by atoms with Gasteiger partial charge in [-0.15, -0.1) is 11.6 Å². The van der Waals surface area contributed by atoms with Crippen molar-refractivity contribution >= 4 is 17.5 Å². The number of primary amides is 1. The SMILES string of the molecule is C[C@@H](Cl)C(N)=O. The lowest BCUT2D eigenvalue weighted by Crippen LogP contribution is -2.19. The third-order valence-corrected chi connectivity index (χ3v) is 0.607. The van der Waals surface area contributed by atoms with Crippen molar-refractivity contribution in [2.75, 3.05) is 0 Å². The Morgan fingerprint density at radius 1 is 2.00 bits per heavy atom. The molecule has 0 bridgehead atoms. The van der Waals surface area contributed by atoms with Crippen LogP contribution in [-0.2, 0) is 4.79 Å². The molecule has 2 N–H and O–H groups in total. The maximum Gasteiger partial charge on any atom is 0.235 e. The zero-order valence-electron chi connectivity index (χ0n) is 3.44. The summed E-state index contributed by atoms with van der Waals surface area (Å²) in [5, 5.41) is -0.537. The predicted octanol–water partition coefficient (Wildman–Crippen LogP) is 0.0990. The van der Waals surface area contributed by atoms with E-state index in [-0.39, 0.29) is 0 Å². The Morgan fingerprint density at radius 2 is 2.17 bits per heavy atom. The lowest BCUT2D eigenvalue weighted by molar-refractivity contribution is -0.117. The highest BCUT2D eigenvalue weighted by Gasteiger charge is 1.99. The number of nitrogens with two attached hydrogens (primary N) is 1. The summed E-state index contributed by atoms with van der Waals surface area (Å²) < 4.78 is 0. The van der Waals surface area contributed by atoms with Crippen molar-refractivity contribution in [2.45, 2.75) is 12.3 Å². The fourth-order valence-electron chi connectivity index (χ4n) is 0. The van der Waals surface area contributed by atoms with Gasteiger partial charge in [0.25, 0.3) is 0 Å². The molecule has 0 radical (unpaired) electrons. The van der Waals surface area contributed by atoms with E-state index in [1.165, 1.54) is 6.92 Å². The first kappa shape index (κ1) is 5.76. The van der Waals surface area contributed by atoms with Gasteiger partial charge >= 0.3 is 0 Å². The van der Waals surface area contributed by atoms with Crippen LogP contribution in [0.5, 0.6) is 0 Å². The Morgan fingerprint density at radius 3 is 2.17 bits per heavy atom. The van der Waals surface area contributed by atoms with Crippen molar-refractivity contribution in [2.24, 2.45) is 5.73 Å². The summed E-state index contributed by atoms with van der Waals surface area (Å²) >= 11 is 5.14. The molecule has 1 amide bonds. The highest BCUT2D eigenvalue weighted by Crippen LogP contribution is 1.87. The van der Waals surface area contributed by atoms with E-state index in [0.717, 1.165) is 0 Å². The van der Waals surface area contributed by atoms with Crippen LogP contribution < -0.4 is 5.73 Å². The molecule has 0 aromatic heterocycles. The molecular weight excluding hydrogens is 101 g/mol. The van der Waals surface area contributed by atoms with Gasteiger partial charge in [-0.25, -0.2) is 0 Å². The first-order chi connectivity index (χ1) is 2.64. The summed E-state index contributed by atoms with van der Waals surface area (Å²) in [7, 11) is 0. The molecule has 0 rings (SSSR count). The van der Waals surface area contributed by atoms with Gasteiger partial charge in [-0.05, 0) is 6.92 Å². The number of carbonyl (C=O) groups is 1. The van der Waals surface area contributed by atoms with Crippen molar-refractivity contribution in [3.63, 3.8) is 0 Å². The van der Waals surface area contributed by atoms with Crippen molar-refractivity contribution in [3.05, 3.63) is 0 Å². The van der Waals surface area contributed by atoms with Crippen LogP contribution in [0.2, 0.25) is 0 Å². The summed E-state index contributed by atoms with van der Waals surface area (Å²) in [4.78, 5) is 9.79. The van der Waals surface area contributed by atoms with E-state index in [9.17, 15) is 4.79 Å². The molecule has 0 aromatic carbocycles. The minimum atomic E-state index is -0.537. The Labute approximate surface area is 41.3 Å². The molecule has 1 atom stereocenters. The summed E-state index contributed by atoms with van der Waals surface area (Å²) in [6.07, 6.45) is 0. The van der Waals surface area contributed by atoms with Crippen molar-refractivity contribution in [3.8, 4) is 0 Å². The fraction of sp³-hybridized carbons (Fsp3) is 0.667. The number of carbonyl (C=O) groups excluding carboxylic acids is 1. The minimum absolute atomic E-state index is 0.475. The molecule has 3 heteroatoms. The Kier molecular flexibility index (Phi) is 1.95. The van der Waals surface area contributed by atoms with E-state index in [1.54, 1.807) is 0 Å². The number of hydrogen-bond acceptors (Lipinski definition) is 1. The Balaban J connectivity index is 3.26. The van der Waals surface area contributed by atoms with Crippen LogP contribution >= 0.6 is 11.6 Å². The maximum atomic E-state index is 9.79. The first-order valence-corrected chi connectivity index (χ1v) is 2.01.